The highest BCUT2D eigenvalue weighted by Gasteiger charge is 2.48. The smallest absolute Gasteiger partial charge is 0.243 e. The summed E-state index contributed by atoms with van der Waals surface area (Å²) in [5, 5.41) is 3.22. The minimum absolute atomic E-state index is 0.0543. The Bertz CT molecular complexity index is 890. The van der Waals surface area contributed by atoms with Gasteiger partial charge in [-0.1, -0.05) is 30.3 Å². The van der Waals surface area contributed by atoms with E-state index in [1.54, 1.807) is 4.90 Å². The lowest BCUT2D eigenvalue weighted by Crippen LogP contribution is -2.50. The average molecular weight is 467 g/mol. The van der Waals surface area contributed by atoms with Crippen LogP contribution in [0.4, 0.5) is 0 Å². The van der Waals surface area contributed by atoms with Crippen molar-refractivity contribution in [2.24, 2.45) is 17.6 Å². The maximum absolute atomic E-state index is 13.4. The third kappa shape index (κ3) is 5.45. The van der Waals surface area contributed by atoms with Crippen LogP contribution in [0.1, 0.15) is 63.4 Å². The van der Waals surface area contributed by atoms with Gasteiger partial charge in [-0.15, -0.1) is 0 Å². The van der Waals surface area contributed by atoms with Gasteiger partial charge < -0.3 is 20.9 Å². The molecule has 0 radical (unpaired) electrons. The minimum Gasteiger partial charge on any atom is -0.352 e. The molecule has 3 N–H and O–H groups in total. The number of carbonyl (C=O) groups excluding carboxylic acids is 3. The standard InChI is InChI=1S/C27H38N4O3/c28-21-10-12-22(13-11-21)29-25(32)24-16-23(17-31(24)27(34)20-8-9-20)30(26(33)19-6-7-19)15-14-18-4-2-1-3-5-18/h1-5,19-24H,6-17,28H2,(H,29,32). The Kier molecular flexibility index (Phi) is 6.91. The Morgan fingerprint density at radius 1 is 0.941 bits per heavy atom. The van der Waals surface area contributed by atoms with Crippen LogP contribution in [-0.4, -0.2) is 64.8 Å². The maximum atomic E-state index is 13.4. The van der Waals surface area contributed by atoms with Gasteiger partial charge in [0, 0.05) is 37.0 Å². The van der Waals surface area contributed by atoms with Gasteiger partial charge in [-0.05, 0) is 69.8 Å². The molecule has 1 saturated heterocycles. The zero-order valence-corrected chi connectivity index (χ0v) is 20.0. The van der Waals surface area contributed by atoms with Crippen LogP contribution in [0, 0.1) is 11.8 Å². The summed E-state index contributed by atoms with van der Waals surface area (Å²) in [6, 6.07) is 9.98. The van der Waals surface area contributed by atoms with E-state index in [1.165, 1.54) is 5.56 Å². The first-order valence-corrected chi connectivity index (χ1v) is 13.2. The molecule has 1 aliphatic heterocycles. The largest absolute Gasteiger partial charge is 0.352 e. The Hall–Kier alpha value is -2.41. The van der Waals surface area contributed by atoms with Crippen molar-refractivity contribution >= 4 is 17.7 Å². The van der Waals surface area contributed by atoms with E-state index in [1.807, 2.05) is 23.1 Å². The summed E-state index contributed by atoms with van der Waals surface area (Å²) in [5.74, 6) is 0.400. The van der Waals surface area contributed by atoms with Crippen LogP contribution >= 0.6 is 0 Å². The zero-order valence-electron chi connectivity index (χ0n) is 20.0. The topological polar surface area (TPSA) is 95.7 Å². The maximum Gasteiger partial charge on any atom is 0.243 e. The monoisotopic (exact) mass is 466 g/mol. The number of nitrogens with one attached hydrogen (secondary N) is 1. The van der Waals surface area contributed by atoms with E-state index in [9.17, 15) is 14.4 Å². The molecule has 2 unspecified atom stereocenters. The molecule has 3 aliphatic carbocycles. The van der Waals surface area contributed by atoms with Crippen molar-refractivity contribution in [2.75, 3.05) is 13.1 Å². The molecule has 0 spiro atoms. The Morgan fingerprint density at radius 3 is 2.26 bits per heavy atom. The molecule has 34 heavy (non-hydrogen) atoms. The van der Waals surface area contributed by atoms with E-state index in [4.69, 9.17) is 5.73 Å². The lowest BCUT2D eigenvalue weighted by molar-refractivity contribution is -0.140. The number of benzene rings is 1. The van der Waals surface area contributed by atoms with Crippen LogP contribution < -0.4 is 11.1 Å². The lowest BCUT2D eigenvalue weighted by Gasteiger charge is -2.30. The van der Waals surface area contributed by atoms with E-state index in [0.29, 0.717) is 19.5 Å². The van der Waals surface area contributed by atoms with E-state index in [0.717, 1.165) is 57.8 Å². The SMILES string of the molecule is NC1CCC(NC(=O)C2CC(N(CCc3ccccc3)C(=O)C3CC3)CN2C(=O)C2CC2)CC1. The molecule has 1 aromatic rings. The molecule has 2 atom stereocenters. The second-order valence-corrected chi connectivity index (χ2v) is 10.8. The minimum atomic E-state index is -0.486. The van der Waals surface area contributed by atoms with E-state index in [-0.39, 0.29) is 47.7 Å². The van der Waals surface area contributed by atoms with E-state index >= 15 is 0 Å². The molecule has 7 heteroatoms. The highest BCUT2D eigenvalue weighted by Crippen LogP contribution is 2.37. The van der Waals surface area contributed by atoms with Gasteiger partial charge in [0.15, 0.2) is 0 Å². The summed E-state index contributed by atoms with van der Waals surface area (Å²) in [7, 11) is 0. The fourth-order valence-corrected chi connectivity index (χ4v) is 5.59. The third-order valence-corrected chi connectivity index (χ3v) is 8.04. The summed E-state index contributed by atoms with van der Waals surface area (Å²) in [6.07, 6.45) is 8.67. The number of nitrogens with zero attached hydrogens (tertiary/aromatic N) is 2. The van der Waals surface area contributed by atoms with Crippen molar-refractivity contribution in [3.05, 3.63) is 35.9 Å². The van der Waals surface area contributed by atoms with E-state index in [2.05, 4.69) is 17.4 Å². The van der Waals surface area contributed by atoms with Crippen molar-refractivity contribution < 1.29 is 14.4 Å². The molecular weight excluding hydrogens is 428 g/mol. The van der Waals surface area contributed by atoms with Crippen molar-refractivity contribution in [1.82, 2.24) is 15.1 Å². The van der Waals surface area contributed by atoms with Gasteiger partial charge in [0.25, 0.3) is 0 Å². The van der Waals surface area contributed by atoms with Crippen LogP contribution in [0.3, 0.4) is 0 Å². The molecule has 1 heterocycles. The molecule has 5 rings (SSSR count). The normalized spacial score (nSPS) is 29.0. The van der Waals surface area contributed by atoms with Gasteiger partial charge in [0.05, 0.1) is 6.04 Å². The third-order valence-electron chi connectivity index (χ3n) is 8.04. The molecule has 184 valence electrons. The van der Waals surface area contributed by atoms with Crippen molar-refractivity contribution in [1.29, 1.82) is 0 Å². The van der Waals surface area contributed by atoms with Gasteiger partial charge in [0.2, 0.25) is 17.7 Å². The number of amides is 3. The summed E-state index contributed by atoms with van der Waals surface area (Å²) in [6.45, 7) is 1.10. The van der Waals surface area contributed by atoms with Crippen LogP contribution in [0.2, 0.25) is 0 Å². The number of carbonyl (C=O) groups is 3. The van der Waals surface area contributed by atoms with Crippen molar-refractivity contribution in [3.8, 4) is 0 Å². The van der Waals surface area contributed by atoms with Crippen molar-refractivity contribution in [3.63, 3.8) is 0 Å². The number of likely N-dealkylation sites (tertiary alicyclic amines) is 1. The first kappa shape index (κ1) is 23.3. The van der Waals surface area contributed by atoms with Gasteiger partial charge in [-0.25, -0.2) is 0 Å². The zero-order chi connectivity index (χ0) is 23.7. The molecule has 1 aromatic carbocycles. The van der Waals surface area contributed by atoms with Crippen LogP contribution in [0.15, 0.2) is 30.3 Å². The first-order chi connectivity index (χ1) is 16.5. The fraction of sp³-hybridized carbons (Fsp3) is 0.667. The van der Waals surface area contributed by atoms with Crippen LogP contribution in [-0.2, 0) is 20.8 Å². The first-order valence-electron chi connectivity index (χ1n) is 13.2. The van der Waals surface area contributed by atoms with Crippen molar-refractivity contribution in [2.45, 2.75) is 88.4 Å². The second-order valence-electron chi connectivity index (χ2n) is 10.8. The van der Waals surface area contributed by atoms with Gasteiger partial charge in [-0.2, -0.15) is 0 Å². The lowest BCUT2D eigenvalue weighted by atomic mass is 9.91. The second kappa shape index (κ2) is 10.1. The number of rotatable bonds is 8. The summed E-state index contributed by atoms with van der Waals surface area (Å²) < 4.78 is 0. The molecule has 3 amide bonds. The Labute approximate surface area is 202 Å². The molecular formula is C27H38N4O3. The molecule has 7 nitrogen and oxygen atoms in total. The van der Waals surface area contributed by atoms with Crippen LogP contribution in [0.5, 0.6) is 0 Å². The molecule has 4 aliphatic rings. The fourth-order valence-electron chi connectivity index (χ4n) is 5.59. The number of hydrogen-bond acceptors (Lipinski definition) is 4. The van der Waals surface area contributed by atoms with Gasteiger partial charge in [-0.3, -0.25) is 14.4 Å². The Morgan fingerprint density at radius 2 is 1.62 bits per heavy atom. The number of nitrogens with two attached hydrogens (primary N) is 1. The molecule has 4 fully saturated rings. The highest BCUT2D eigenvalue weighted by molar-refractivity contribution is 5.90. The summed E-state index contributed by atoms with van der Waals surface area (Å²) in [4.78, 5) is 43.6. The number of hydrogen-bond donors (Lipinski definition) is 2. The highest BCUT2D eigenvalue weighted by atomic mass is 16.2. The summed E-state index contributed by atoms with van der Waals surface area (Å²) in [5.41, 5.74) is 7.23. The van der Waals surface area contributed by atoms with Gasteiger partial charge >= 0.3 is 0 Å². The average Bonchev–Trinajstić information content (AvgIpc) is 3.77. The molecule has 3 saturated carbocycles. The predicted molar refractivity (Wildman–Crippen MR) is 130 cm³/mol. The molecule has 0 bridgehead atoms. The molecule has 0 aromatic heterocycles. The predicted octanol–water partition coefficient (Wildman–Crippen LogP) is 2.23. The Balaban J connectivity index is 1.29. The van der Waals surface area contributed by atoms with E-state index < -0.39 is 6.04 Å². The summed E-state index contributed by atoms with van der Waals surface area (Å²) >= 11 is 0. The van der Waals surface area contributed by atoms with Gasteiger partial charge in [0.1, 0.15) is 6.04 Å². The van der Waals surface area contributed by atoms with Crippen LogP contribution in [0.25, 0.3) is 0 Å². The quantitative estimate of drug-likeness (QED) is 0.614.